The molecule has 1 atom stereocenters. The number of carbonyl (C=O) groups excluding carboxylic acids is 1. The number of aliphatic hydroxyl groups excluding tert-OH is 1. The van der Waals surface area contributed by atoms with Crippen molar-refractivity contribution in [2.24, 2.45) is 5.73 Å². The minimum Gasteiger partial charge on any atom is -0.497 e. The summed E-state index contributed by atoms with van der Waals surface area (Å²) in [6.07, 6.45) is -0.646. The highest BCUT2D eigenvalue weighted by Gasteiger charge is 2.14. The highest BCUT2D eigenvalue weighted by Crippen LogP contribution is 2.20. The lowest BCUT2D eigenvalue weighted by Crippen LogP contribution is -2.37. The minimum absolute atomic E-state index is 0.0366. The summed E-state index contributed by atoms with van der Waals surface area (Å²) in [4.78, 5) is 13.0. The molecule has 0 spiro atoms. The van der Waals surface area contributed by atoms with Crippen LogP contribution in [-0.4, -0.2) is 43.9 Å². The van der Waals surface area contributed by atoms with Gasteiger partial charge in [0, 0.05) is 25.2 Å². The first kappa shape index (κ1) is 19.5. The number of methoxy groups -OCH3 is 1. The van der Waals surface area contributed by atoms with Gasteiger partial charge in [-0.25, -0.2) is 4.39 Å². The number of amides is 1. The summed E-state index contributed by atoms with van der Waals surface area (Å²) >= 11 is 0. The zero-order valence-electron chi connectivity index (χ0n) is 14.6. The van der Waals surface area contributed by atoms with Crippen LogP contribution in [0.2, 0.25) is 0 Å². The van der Waals surface area contributed by atoms with E-state index in [2.05, 4.69) is 0 Å². The fourth-order valence-electron chi connectivity index (χ4n) is 2.39. The van der Waals surface area contributed by atoms with Crippen LogP contribution in [0.1, 0.15) is 6.42 Å². The lowest BCUT2D eigenvalue weighted by atomic mass is 10.2. The Kier molecular flexibility index (Phi) is 7.23. The predicted molar refractivity (Wildman–Crippen MR) is 96.9 cm³/mol. The van der Waals surface area contributed by atoms with Crippen molar-refractivity contribution in [3.8, 4) is 11.5 Å². The first-order valence-electron chi connectivity index (χ1n) is 8.21. The molecule has 0 heterocycles. The molecule has 3 N–H and O–H groups in total. The van der Waals surface area contributed by atoms with Gasteiger partial charge in [0.2, 0.25) is 5.91 Å². The average molecular weight is 362 g/mol. The first-order chi connectivity index (χ1) is 12.5. The van der Waals surface area contributed by atoms with E-state index in [-0.39, 0.29) is 25.4 Å². The zero-order chi connectivity index (χ0) is 18.9. The monoisotopic (exact) mass is 362 g/mol. The Labute approximate surface area is 151 Å². The van der Waals surface area contributed by atoms with Crippen molar-refractivity contribution in [2.45, 2.75) is 12.5 Å². The summed E-state index contributed by atoms with van der Waals surface area (Å²) in [6.45, 7) is 0.658. The van der Waals surface area contributed by atoms with Crippen LogP contribution < -0.4 is 20.1 Å². The highest BCUT2D eigenvalue weighted by atomic mass is 19.1. The molecule has 2 rings (SSSR count). The standard InChI is InChI=1S/C19H23FN2O4/c1-25-17-8-4-15(5-9-17)22(11-10-19(21)24)12-16(23)13-26-18-6-2-14(20)3-7-18/h2-9,16,23H,10-13H2,1H3,(H2,21,24)/t16-/m1/s1. The van der Waals surface area contributed by atoms with Crippen molar-refractivity contribution in [1.82, 2.24) is 0 Å². The molecule has 0 saturated heterocycles. The van der Waals surface area contributed by atoms with E-state index in [0.717, 1.165) is 5.69 Å². The fraction of sp³-hybridized carbons (Fsp3) is 0.316. The molecule has 7 heteroatoms. The van der Waals surface area contributed by atoms with Gasteiger partial charge in [0.05, 0.1) is 7.11 Å². The molecule has 140 valence electrons. The summed E-state index contributed by atoms with van der Waals surface area (Å²) in [5, 5.41) is 10.3. The van der Waals surface area contributed by atoms with Gasteiger partial charge in [-0.15, -0.1) is 0 Å². The van der Waals surface area contributed by atoms with Crippen molar-refractivity contribution in [2.75, 3.05) is 31.7 Å². The number of hydrogen-bond acceptors (Lipinski definition) is 5. The normalized spacial score (nSPS) is 11.7. The number of carbonyl (C=O) groups is 1. The van der Waals surface area contributed by atoms with Crippen LogP contribution in [0.3, 0.4) is 0 Å². The van der Waals surface area contributed by atoms with E-state index in [1.165, 1.54) is 24.3 Å². The Balaban J connectivity index is 1.97. The number of primary amides is 1. The molecule has 2 aromatic carbocycles. The number of halogens is 1. The molecule has 0 aliphatic heterocycles. The molecule has 2 aromatic rings. The largest absolute Gasteiger partial charge is 0.497 e. The van der Waals surface area contributed by atoms with Crippen LogP contribution >= 0.6 is 0 Å². The van der Waals surface area contributed by atoms with Gasteiger partial charge in [-0.3, -0.25) is 4.79 Å². The van der Waals surface area contributed by atoms with Crippen molar-refractivity contribution < 1.29 is 23.8 Å². The molecule has 0 bridgehead atoms. The second-order valence-corrected chi connectivity index (χ2v) is 5.78. The number of anilines is 1. The molecular formula is C19H23FN2O4. The van der Waals surface area contributed by atoms with Crippen molar-refractivity contribution >= 4 is 11.6 Å². The van der Waals surface area contributed by atoms with Crippen LogP contribution in [0.15, 0.2) is 48.5 Å². The number of aliphatic hydroxyl groups is 1. The molecule has 0 radical (unpaired) electrons. The van der Waals surface area contributed by atoms with E-state index in [0.29, 0.717) is 18.0 Å². The van der Waals surface area contributed by atoms with E-state index in [4.69, 9.17) is 15.2 Å². The third-order valence-corrected chi connectivity index (χ3v) is 3.75. The van der Waals surface area contributed by atoms with Crippen LogP contribution in [0.5, 0.6) is 11.5 Å². The molecular weight excluding hydrogens is 339 g/mol. The molecule has 0 aliphatic carbocycles. The number of nitrogens with two attached hydrogens (primary N) is 1. The van der Waals surface area contributed by atoms with Gasteiger partial charge in [-0.2, -0.15) is 0 Å². The fourth-order valence-corrected chi connectivity index (χ4v) is 2.39. The van der Waals surface area contributed by atoms with Gasteiger partial charge in [0.25, 0.3) is 0 Å². The topological polar surface area (TPSA) is 85.0 Å². The van der Waals surface area contributed by atoms with Gasteiger partial charge in [0.15, 0.2) is 0 Å². The molecule has 26 heavy (non-hydrogen) atoms. The first-order valence-corrected chi connectivity index (χ1v) is 8.21. The number of ether oxygens (including phenoxy) is 2. The predicted octanol–water partition coefficient (Wildman–Crippen LogP) is 1.96. The maximum Gasteiger partial charge on any atom is 0.219 e. The number of hydrogen-bond donors (Lipinski definition) is 2. The molecule has 0 saturated carbocycles. The number of nitrogens with zero attached hydrogens (tertiary/aromatic N) is 1. The highest BCUT2D eigenvalue weighted by molar-refractivity contribution is 5.74. The van der Waals surface area contributed by atoms with Gasteiger partial charge >= 0.3 is 0 Å². The van der Waals surface area contributed by atoms with Gasteiger partial charge in [-0.1, -0.05) is 0 Å². The summed E-state index contributed by atoms with van der Waals surface area (Å²) in [5.41, 5.74) is 6.07. The van der Waals surface area contributed by atoms with Crippen molar-refractivity contribution in [3.63, 3.8) is 0 Å². The smallest absolute Gasteiger partial charge is 0.219 e. The molecule has 6 nitrogen and oxygen atoms in total. The van der Waals surface area contributed by atoms with E-state index in [9.17, 15) is 14.3 Å². The maximum atomic E-state index is 12.9. The van der Waals surface area contributed by atoms with Gasteiger partial charge in [-0.05, 0) is 48.5 Å². The Morgan fingerprint density at radius 1 is 1.15 bits per heavy atom. The molecule has 0 unspecified atom stereocenters. The van der Waals surface area contributed by atoms with Gasteiger partial charge in [0.1, 0.15) is 30.0 Å². The number of benzene rings is 2. The zero-order valence-corrected chi connectivity index (χ0v) is 14.6. The molecule has 0 aliphatic rings. The van der Waals surface area contributed by atoms with E-state index in [1.807, 2.05) is 17.0 Å². The Bertz CT molecular complexity index is 692. The van der Waals surface area contributed by atoms with E-state index >= 15 is 0 Å². The second-order valence-electron chi connectivity index (χ2n) is 5.78. The van der Waals surface area contributed by atoms with Crippen LogP contribution in [0.4, 0.5) is 10.1 Å². The van der Waals surface area contributed by atoms with Crippen LogP contribution in [-0.2, 0) is 4.79 Å². The summed E-state index contributed by atoms with van der Waals surface area (Å²) in [7, 11) is 1.58. The third-order valence-electron chi connectivity index (χ3n) is 3.75. The van der Waals surface area contributed by atoms with Crippen molar-refractivity contribution in [3.05, 3.63) is 54.3 Å². The summed E-state index contributed by atoms with van der Waals surface area (Å²) < 4.78 is 23.5. The lowest BCUT2D eigenvalue weighted by molar-refractivity contribution is -0.117. The third kappa shape index (κ3) is 6.25. The maximum absolute atomic E-state index is 12.9. The van der Waals surface area contributed by atoms with Crippen LogP contribution in [0, 0.1) is 5.82 Å². The van der Waals surface area contributed by atoms with E-state index in [1.54, 1.807) is 19.2 Å². The lowest BCUT2D eigenvalue weighted by Gasteiger charge is -2.27. The Hall–Kier alpha value is -2.80. The quantitative estimate of drug-likeness (QED) is 0.675. The average Bonchev–Trinajstić information content (AvgIpc) is 2.64. The van der Waals surface area contributed by atoms with Crippen LogP contribution in [0.25, 0.3) is 0 Å². The van der Waals surface area contributed by atoms with E-state index < -0.39 is 12.0 Å². The Morgan fingerprint density at radius 2 is 1.77 bits per heavy atom. The Morgan fingerprint density at radius 3 is 2.35 bits per heavy atom. The molecule has 1 amide bonds. The summed E-state index contributed by atoms with van der Waals surface area (Å²) in [5.74, 6) is 0.415. The second kappa shape index (κ2) is 9.62. The number of rotatable bonds is 10. The molecule has 0 aromatic heterocycles. The minimum atomic E-state index is -0.810. The van der Waals surface area contributed by atoms with Gasteiger partial charge < -0.3 is 25.2 Å². The molecule has 0 fully saturated rings. The van der Waals surface area contributed by atoms with Crippen molar-refractivity contribution in [1.29, 1.82) is 0 Å². The SMILES string of the molecule is COc1ccc(N(CCC(N)=O)C[C@@H](O)COc2ccc(F)cc2)cc1. The summed E-state index contributed by atoms with van der Waals surface area (Å²) in [6, 6.07) is 12.9.